The van der Waals surface area contributed by atoms with Gasteiger partial charge in [0, 0.05) is 51.7 Å². The zero-order valence-corrected chi connectivity index (χ0v) is 26.3. The van der Waals surface area contributed by atoms with Gasteiger partial charge in [-0.05, 0) is 45.4 Å². The molecule has 2 aromatic heterocycles. The number of hydrogen-bond acceptors (Lipinski definition) is 18. The van der Waals surface area contributed by atoms with Gasteiger partial charge in [-0.1, -0.05) is 12.1 Å². The molecule has 42 heavy (non-hydrogen) atoms. The second kappa shape index (κ2) is 26.2. The van der Waals surface area contributed by atoms with Crippen molar-refractivity contribution in [1.82, 2.24) is 30.3 Å². The van der Waals surface area contributed by atoms with E-state index in [1.807, 2.05) is 36.4 Å². The molecule has 239 valence electrons. The van der Waals surface area contributed by atoms with Crippen LogP contribution in [0.5, 0.6) is 0 Å². The third-order valence-corrected chi connectivity index (χ3v) is 4.18. The Hall–Kier alpha value is -1.21. The molecule has 3 heterocycles. The molecule has 1 radical (unpaired) electrons. The molecule has 0 spiro atoms. The average Bonchev–Trinajstić information content (AvgIpc) is 2.91. The molecule has 0 atom stereocenters. The van der Waals surface area contributed by atoms with Crippen molar-refractivity contribution in [2.75, 3.05) is 60.4 Å². The molecule has 23 heteroatoms. The van der Waals surface area contributed by atoms with Gasteiger partial charge in [0.05, 0.1) is 11.4 Å². The topological polar surface area (TPSA) is 352 Å². The van der Waals surface area contributed by atoms with E-state index in [9.17, 15) is 0 Å². The predicted octanol–water partition coefficient (Wildman–Crippen LogP) is -12.8. The fraction of sp³-hybridized carbons (Fsp3) is 0.474. The Kier molecular flexibility index (Phi) is 29.8. The molecule has 3 rings (SSSR count). The van der Waals surface area contributed by atoms with Gasteiger partial charge < -0.3 is 14.7 Å². The summed E-state index contributed by atoms with van der Waals surface area (Å²) in [7, 11) is -8.23. The van der Waals surface area contributed by atoms with E-state index in [4.69, 9.17) is 66.4 Å². The molecule has 1 fully saturated rings. The fourth-order valence-corrected chi connectivity index (χ4v) is 2.39. The van der Waals surface area contributed by atoms with Crippen molar-refractivity contribution in [3.63, 3.8) is 0 Å². The molecule has 0 aromatic carbocycles. The first-order valence-electron chi connectivity index (χ1n) is 10.6. The summed E-state index contributed by atoms with van der Waals surface area (Å²) in [5.74, 6) is 0. The minimum atomic E-state index is -4.94. The van der Waals surface area contributed by atoms with Gasteiger partial charge in [-0.2, -0.15) is 0 Å². The first kappa shape index (κ1) is 47.7. The Morgan fingerprint density at radius 3 is 0.857 bits per heavy atom. The van der Waals surface area contributed by atoms with Crippen LogP contribution in [-0.2, 0) is 19.5 Å². The van der Waals surface area contributed by atoms with Crippen molar-refractivity contribution in [3.8, 4) is 11.4 Å². The Morgan fingerprint density at radius 1 is 0.524 bits per heavy atom. The van der Waals surface area contributed by atoms with Gasteiger partial charge in [-0.15, -0.1) is 35.6 Å². The average molecular weight is 757 g/mol. The van der Waals surface area contributed by atoms with Gasteiger partial charge in [-0.25, -0.2) is 55.9 Å². The minimum Gasteiger partial charge on any atom is -0.304 e. The third-order valence-electron chi connectivity index (χ3n) is 4.18. The summed E-state index contributed by atoms with van der Waals surface area (Å²) in [5.41, 5.74) is 7.58. The maximum absolute atomic E-state index is 8.49. The zero-order chi connectivity index (χ0) is 32.7. The fourth-order valence-electron chi connectivity index (χ4n) is 2.39. The van der Waals surface area contributed by atoms with Crippen LogP contribution in [0, 0.1) is 35.6 Å². The molecule has 0 unspecified atom stereocenters. The van der Waals surface area contributed by atoms with Crippen LogP contribution >= 0.6 is 0 Å². The van der Waals surface area contributed by atoms with Crippen LogP contribution in [0.1, 0.15) is 0 Å². The number of halogens is 3. The second-order valence-electron chi connectivity index (χ2n) is 7.47. The second-order valence-corrected chi connectivity index (χ2v) is 9.74. The number of rotatable bonds is 1. The van der Waals surface area contributed by atoms with E-state index in [2.05, 4.69) is 45.8 Å². The summed E-state index contributed by atoms with van der Waals surface area (Å²) in [4.78, 5) is 22.8. The van der Waals surface area contributed by atoms with E-state index in [0.29, 0.717) is 0 Å². The minimum absolute atomic E-state index is 0. The van der Waals surface area contributed by atoms with Crippen LogP contribution in [-0.4, -0.2) is 85.1 Å². The largest absolute Gasteiger partial charge is 6.00 e. The van der Waals surface area contributed by atoms with Crippen LogP contribution in [0.15, 0.2) is 48.8 Å². The molecule has 0 bridgehead atoms. The number of hydrogen-bond donors (Lipinski definition) is 0. The van der Waals surface area contributed by atoms with Crippen LogP contribution in [0.2, 0.25) is 0 Å². The van der Waals surface area contributed by atoms with Crippen molar-refractivity contribution in [3.05, 3.63) is 53.7 Å². The Bertz CT molecular complexity index is 753. The van der Waals surface area contributed by atoms with Gasteiger partial charge in [0.15, 0.2) is 0 Å². The van der Waals surface area contributed by atoms with Gasteiger partial charge in [-0.3, -0.25) is 9.97 Å². The van der Waals surface area contributed by atoms with Crippen LogP contribution in [0.25, 0.3) is 11.4 Å². The van der Waals surface area contributed by atoms with E-state index in [0.717, 1.165) is 11.4 Å². The van der Waals surface area contributed by atoms with Gasteiger partial charge in [0.25, 0.3) is 0 Å². The molecular weight excluding hydrogens is 728 g/mol. The summed E-state index contributed by atoms with van der Waals surface area (Å²) >= 11 is 0. The molecule has 1 saturated heterocycles. The van der Waals surface area contributed by atoms with Gasteiger partial charge in [0.2, 0.25) is 0 Å². The van der Waals surface area contributed by atoms with E-state index in [-0.39, 0.29) is 19.5 Å². The molecule has 1 aliphatic rings. The van der Waals surface area contributed by atoms with Gasteiger partial charge in [0.1, 0.15) is 5.59 Å². The van der Waals surface area contributed by atoms with E-state index in [1.165, 1.54) is 39.3 Å². The molecule has 19 nitrogen and oxygen atoms in total. The number of nitrogens with zero attached hydrogens (tertiary/aromatic N) is 6. The number of likely N-dealkylation sites (N-methyl/N-ethyl adjacent to an activating group) is 3. The third kappa shape index (κ3) is 48.5. The number of nitroso groups, excluding NO2 is 1. The van der Waals surface area contributed by atoms with Crippen LogP contribution < -0.4 is 61.5 Å². The summed E-state index contributed by atoms with van der Waals surface area (Å²) in [6, 6.07) is 11.6. The standard InChI is InChI=1S/C10H8N2.C9H21N3.3ClHO4.NO.Ru/c1-3-7-11-9(5-1)10-6-2-4-8-12-10;1-10-4-6-11(2)8-9-12(3)7-5-10;3*2-1(3,4)5;1-2;/h1-8H;4-9H2,1-3H3;3*(H,2,3,4,5);;/q;;;;;;+6/p-3. The van der Waals surface area contributed by atoms with Crippen LogP contribution in [0.3, 0.4) is 0 Å². The Morgan fingerprint density at radius 2 is 0.714 bits per heavy atom. The Labute approximate surface area is 261 Å². The molecule has 0 amide bonds. The van der Waals surface area contributed by atoms with E-state index < -0.39 is 30.7 Å². The number of aromatic nitrogens is 2. The molecule has 0 aliphatic carbocycles. The smallest absolute Gasteiger partial charge is 0.304 e. The Balaban J connectivity index is -0.000000225. The SMILES string of the molecule is CN1CCN(C)CCN(C)CC1.[N]=O.[O-][Cl+3]([O-])([O-])[O-].[O-][Cl+3]([O-])([O-])[O-].[O-][Cl+3]([O-])([O-])[O-].[Ru+6].c1ccc(-c2ccccn2)nc1. The summed E-state index contributed by atoms with van der Waals surface area (Å²) in [5, 5.41) is 0. The van der Waals surface area contributed by atoms with E-state index >= 15 is 0 Å². The first-order valence-corrected chi connectivity index (χ1v) is 14.3. The summed E-state index contributed by atoms with van der Waals surface area (Å²) in [6.45, 7) is 7.19. The molecular formula is C19H29Cl3N6O13Ru+3. The van der Waals surface area contributed by atoms with Crippen LogP contribution in [0.4, 0.5) is 0 Å². The molecule has 1 aliphatic heterocycles. The molecule has 0 saturated carbocycles. The zero-order valence-electron chi connectivity index (χ0n) is 22.3. The van der Waals surface area contributed by atoms with Crippen molar-refractivity contribution < 1.29 is 106 Å². The van der Waals surface area contributed by atoms with Crippen molar-refractivity contribution in [2.24, 2.45) is 0 Å². The molecule has 2 aromatic rings. The van der Waals surface area contributed by atoms with Crippen molar-refractivity contribution in [2.45, 2.75) is 0 Å². The van der Waals surface area contributed by atoms with E-state index in [1.54, 1.807) is 12.4 Å². The quantitative estimate of drug-likeness (QED) is 0.244. The first-order chi connectivity index (χ1) is 18.6. The number of pyridine rings is 2. The summed E-state index contributed by atoms with van der Waals surface area (Å²) in [6.07, 6.45) is 3.54. The normalized spacial score (nSPS) is 14.6. The molecule has 0 N–H and O–H groups in total. The van der Waals surface area contributed by atoms with Gasteiger partial charge >= 0.3 is 19.5 Å². The van der Waals surface area contributed by atoms with Crippen molar-refractivity contribution >= 4 is 0 Å². The predicted molar refractivity (Wildman–Crippen MR) is 105 cm³/mol. The maximum atomic E-state index is 8.49. The van der Waals surface area contributed by atoms with Crippen molar-refractivity contribution in [1.29, 1.82) is 0 Å². The monoisotopic (exact) mass is 756 g/mol. The summed E-state index contributed by atoms with van der Waals surface area (Å²) < 4.78 is 102. The maximum Gasteiger partial charge on any atom is 6.00 e.